The number of pyridine rings is 1. The Labute approximate surface area is 182 Å². The predicted octanol–water partition coefficient (Wildman–Crippen LogP) is 2.56. The topological polar surface area (TPSA) is 115 Å². The third kappa shape index (κ3) is 5.72. The summed E-state index contributed by atoms with van der Waals surface area (Å²) in [4.78, 5) is 16.6. The number of sulfonamides is 1. The summed E-state index contributed by atoms with van der Waals surface area (Å²) in [7, 11) is -2.05. The maximum absolute atomic E-state index is 12.6. The number of carbonyl (C=O) groups excluding carboxylic acids is 1. The number of ether oxygens (including phenoxy) is 1. The molecule has 29 heavy (non-hydrogen) atoms. The smallest absolute Gasteiger partial charge is 0.244 e. The zero-order chi connectivity index (χ0) is 19.4. The van der Waals surface area contributed by atoms with Crippen LogP contribution in [-0.2, 0) is 14.8 Å². The number of hydrogen-bond donors (Lipinski definition) is 2. The molecule has 8 nitrogen and oxygen atoms in total. The SMILES string of the molecule is COc1ccc(N)c(NC(=O)C2CCN(S(=O)(=O)c3cccnc3)CC2)c1.Cl.Cl. The molecule has 1 aliphatic heterocycles. The van der Waals surface area contributed by atoms with Gasteiger partial charge in [-0.25, -0.2) is 8.42 Å². The first-order valence-electron chi connectivity index (χ1n) is 8.56. The molecule has 0 radical (unpaired) electrons. The summed E-state index contributed by atoms with van der Waals surface area (Å²) in [5.41, 5.74) is 6.84. The van der Waals surface area contributed by atoms with Crippen molar-refractivity contribution in [2.24, 2.45) is 5.92 Å². The Morgan fingerprint density at radius 1 is 1.24 bits per heavy atom. The summed E-state index contributed by atoms with van der Waals surface area (Å²) >= 11 is 0. The summed E-state index contributed by atoms with van der Waals surface area (Å²) in [6.07, 6.45) is 3.74. The summed E-state index contributed by atoms with van der Waals surface area (Å²) in [6.45, 7) is 0.561. The molecule has 0 spiro atoms. The molecule has 1 amide bonds. The molecule has 0 bridgehead atoms. The molecule has 0 saturated carbocycles. The van der Waals surface area contributed by atoms with Gasteiger partial charge in [0.1, 0.15) is 10.6 Å². The number of rotatable bonds is 5. The highest BCUT2D eigenvalue weighted by Gasteiger charge is 2.32. The van der Waals surface area contributed by atoms with Crippen LogP contribution in [-0.4, -0.2) is 43.8 Å². The van der Waals surface area contributed by atoms with E-state index >= 15 is 0 Å². The summed E-state index contributed by atoms with van der Waals surface area (Å²) in [5, 5.41) is 2.82. The Morgan fingerprint density at radius 3 is 2.52 bits per heavy atom. The molecule has 11 heteroatoms. The highest BCUT2D eigenvalue weighted by Crippen LogP contribution is 2.28. The molecule has 1 aromatic carbocycles. The lowest BCUT2D eigenvalue weighted by Crippen LogP contribution is -2.41. The van der Waals surface area contributed by atoms with Gasteiger partial charge in [0.05, 0.1) is 18.5 Å². The van der Waals surface area contributed by atoms with Gasteiger partial charge in [0.2, 0.25) is 15.9 Å². The standard InChI is InChI=1S/C18H22N4O4S.2ClH/c1-26-14-4-5-16(19)17(11-14)21-18(23)13-6-9-22(10-7-13)27(24,25)15-3-2-8-20-12-15;;/h2-5,8,11-13H,6-7,9-10,19H2,1H3,(H,21,23);2*1H. The molecule has 160 valence electrons. The minimum Gasteiger partial charge on any atom is -0.497 e. The Kier molecular flexibility index (Phi) is 9.15. The number of carbonyl (C=O) groups is 1. The van der Waals surface area contributed by atoms with E-state index in [2.05, 4.69) is 10.3 Å². The van der Waals surface area contributed by atoms with Crippen LogP contribution in [0.2, 0.25) is 0 Å². The maximum Gasteiger partial charge on any atom is 0.244 e. The number of piperidine rings is 1. The van der Waals surface area contributed by atoms with Crippen molar-refractivity contribution < 1.29 is 17.9 Å². The molecule has 0 atom stereocenters. The first-order chi connectivity index (χ1) is 12.9. The van der Waals surface area contributed by atoms with Crippen LogP contribution in [0.3, 0.4) is 0 Å². The molecular formula is C18H24Cl2N4O4S. The summed E-state index contributed by atoms with van der Waals surface area (Å²) < 4.78 is 31.8. The number of amides is 1. The largest absolute Gasteiger partial charge is 0.497 e. The molecule has 1 aliphatic rings. The predicted molar refractivity (Wildman–Crippen MR) is 116 cm³/mol. The monoisotopic (exact) mass is 462 g/mol. The van der Waals surface area contributed by atoms with Crippen LogP contribution in [0, 0.1) is 5.92 Å². The van der Waals surface area contributed by atoms with Gasteiger partial charge >= 0.3 is 0 Å². The van der Waals surface area contributed by atoms with Crippen molar-refractivity contribution in [3.8, 4) is 5.75 Å². The highest BCUT2D eigenvalue weighted by atomic mass is 35.5. The molecular weight excluding hydrogens is 439 g/mol. The van der Waals surface area contributed by atoms with Crippen molar-refractivity contribution in [1.82, 2.24) is 9.29 Å². The van der Waals surface area contributed by atoms with Crippen molar-refractivity contribution in [2.75, 3.05) is 31.2 Å². The van der Waals surface area contributed by atoms with Crippen molar-refractivity contribution in [3.05, 3.63) is 42.7 Å². The molecule has 3 rings (SSSR count). The van der Waals surface area contributed by atoms with E-state index in [0.717, 1.165) is 0 Å². The van der Waals surface area contributed by atoms with Gasteiger partial charge in [0, 0.05) is 37.5 Å². The van der Waals surface area contributed by atoms with E-state index in [0.29, 0.717) is 30.0 Å². The molecule has 0 unspecified atom stereocenters. The number of nitrogens with one attached hydrogen (secondary N) is 1. The van der Waals surface area contributed by atoms with Gasteiger partial charge in [-0.05, 0) is 37.1 Å². The van der Waals surface area contributed by atoms with E-state index in [1.165, 1.54) is 29.9 Å². The molecule has 3 N–H and O–H groups in total. The first-order valence-corrected chi connectivity index (χ1v) is 10.0. The van der Waals surface area contributed by atoms with Crippen LogP contribution >= 0.6 is 24.8 Å². The van der Waals surface area contributed by atoms with Crippen molar-refractivity contribution in [3.63, 3.8) is 0 Å². The maximum atomic E-state index is 12.6. The van der Waals surface area contributed by atoms with Gasteiger partial charge in [-0.1, -0.05) is 0 Å². The Balaban J connectivity index is 0.00000210. The number of hydrogen-bond acceptors (Lipinski definition) is 6. The number of methoxy groups -OCH3 is 1. The van der Waals surface area contributed by atoms with Gasteiger partial charge in [0.25, 0.3) is 0 Å². The zero-order valence-corrected chi connectivity index (χ0v) is 18.2. The van der Waals surface area contributed by atoms with E-state index < -0.39 is 10.0 Å². The normalized spacial score (nSPS) is 14.9. The van der Waals surface area contributed by atoms with Gasteiger partial charge in [-0.3, -0.25) is 9.78 Å². The van der Waals surface area contributed by atoms with E-state index in [-0.39, 0.29) is 54.6 Å². The number of halogens is 2. The van der Waals surface area contributed by atoms with E-state index in [4.69, 9.17) is 10.5 Å². The third-order valence-corrected chi connectivity index (χ3v) is 6.50. The number of benzene rings is 1. The lowest BCUT2D eigenvalue weighted by atomic mass is 9.97. The first kappa shape index (κ1) is 25.0. The number of anilines is 2. The fourth-order valence-corrected chi connectivity index (χ4v) is 4.45. The van der Waals surface area contributed by atoms with Gasteiger partial charge < -0.3 is 15.8 Å². The molecule has 0 aliphatic carbocycles. The van der Waals surface area contributed by atoms with E-state index in [1.807, 2.05) is 0 Å². The average molecular weight is 463 g/mol. The molecule has 1 aromatic heterocycles. The Bertz CT molecular complexity index is 921. The Hall–Kier alpha value is -2.07. The van der Waals surface area contributed by atoms with Crippen LogP contribution in [0.25, 0.3) is 0 Å². The number of nitrogens with two attached hydrogens (primary N) is 1. The van der Waals surface area contributed by atoms with Gasteiger partial charge in [-0.15, -0.1) is 24.8 Å². The quantitative estimate of drug-likeness (QED) is 0.659. The van der Waals surface area contributed by atoms with Crippen LogP contribution in [0.5, 0.6) is 5.75 Å². The molecule has 1 fully saturated rings. The minimum atomic E-state index is -3.58. The zero-order valence-electron chi connectivity index (χ0n) is 15.8. The van der Waals surface area contributed by atoms with E-state index in [9.17, 15) is 13.2 Å². The Morgan fingerprint density at radius 2 is 1.93 bits per heavy atom. The highest BCUT2D eigenvalue weighted by molar-refractivity contribution is 7.89. The van der Waals surface area contributed by atoms with Crippen molar-refractivity contribution in [2.45, 2.75) is 17.7 Å². The molecule has 1 saturated heterocycles. The van der Waals surface area contributed by atoms with Crippen molar-refractivity contribution in [1.29, 1.82) is 0 Å². The molecule has 2 aromatic rings. The van der Waals surface area contributed by atoms with Crippen LogP contribution in [0.1, 0.15) is 12.8 Å². The van der Waals surface area contributed by atoms with Crippen LogP contribution in [0.4, 0.5) is 11.4 Å². The van der Waals surface area contributed by atoms with Gasteiger partial charge in [0.15, 0.2) is 0 Å². The molecule has 2 heterocycles. The van der Waals surface area contributed by atoms with E-state index in [1.54, 1.807) is 24.3 Å². The second kappa shape index (κ2) is 10.6. The fourth-order valence-electron chi connectivity index (χ4n) is 3.01. The second-order valence-electron chi connectivity index (χ2n) is 6.31. The fraction of sp³-hybridized carbons (Fsp3) is 0.333. The number of aromatic nitrogens is 1. The summed E-state index contributed by atoms with van der Waals surface area (Å²) in [6, 6.07) is 8.15. The number of nitrogen functional groups attached to an aromatic ring is 1. The number of nitrogens with zero attached hydrogens (tertiary/aromatic N) is 2. The lowest BCUT2D eigenvalue weighted by molar-refractivity contribution is -0.120. The van der Waals surface area contributed by atoms with Crippen LogP contribution < -0.4 is 15.8 Å². The average Bonchev–Trinajstić information content (AvgIpc) is 2.70. The minimum absolute atomic E-state index is 0. The lowest BCUT2D eigenvalue weighted by Gasteiger charge is -2.30. The third-order valence-electron chi connectivity index (χ3n) is 4.62. The van der Waals surface area contributed by atoms with Crippen molar-refractivity contribution >= 4 is 52.1 Å². The van der Waals surface area contributed by atoms with Crippen LogP contribution in [0.15, 0.2) is 47.6 Å². The van der Waals surface area contributed by atoms with Gasteiger partial charge in [-0.2, -0.15) is 4.31 Å². The second-order valence-corrected chi connectivity index (χ2v) is 8.25. The summed E-state index contributed by atoms with van der Waals surface area (Å²) in [5.74, 6) is 0.140.